The van der Waals surface area contributed by atoms with E-state index in [9.17, 15) is 23.2 Å². The van der Waals surface area contributed by atoms with Gasteiger partial charge >= 0.3 is 12.2 Å². The molecule has 176 valence electrons. The Morgan fingerprint density at radius 2 is 1.82 bits per heavy atom. The number of nitrogens with zero attached hydrogens (tertiary/aromatic N) is 4. The van der Waals surface area contributed by atoms with E-state index in [1.165, 1.54) is 23.0 Å². The predicted molar refractivity (Wildman–Crippen MR) is 122 cm³/mol. The minimum absolute atomic E-state index is 0.398. The molecule has 0 saturated carbocycles. The summed E-state index contributed by atoms with van der Waals surface area (Å²) in [6.07, 6.45) is -3.00. The summed E-state index contributed by atoms with van der Waals surface area (Å²) in [4.78, 5) is 14.7. The van der Waals surface area contributed by atoms with Crippen LogP contribution in [-0.2, 0) is 6.18 Å². The van der Waals surface area contributed by atoms with Crippen molar-refractivity contribution in [3.05, 3.63) is 65.5 Å². The molecule has 0 aliphatic carbocycles. The number of alkyl halides is 3. The van der Waals surface area contributed by atoms with Gasteiger partial charge in [-0.05, 0) is 49.4 Å². The molecule has 8 nitrogen and oxygen atoms in total. The molecule has 1 saturated heterocycles. The van der Waals surface area contributed by atoms with E-state index in [0.717, 1.165) is 44.0 Å². The standard InChI is InChI=1S/C23H22F3N7O/c1-15-20(14-29-33(15)19-5-2-17(3-6-19)23(24,25)26)31-22(34)30-18-4-7-21(16(12-18)13-27)32-10-8-28-9-11-32/h2-7,12,14,28H,8-11H2,1H3,(H2,30,31,34). The van der Waals surface area contributed by atoms with Crippen molar-refractivity contribution in [2.75, 3.05) is 41.7 Å². The zero-order valence-electron chi connectivity index (χ0n) is 18.3. The molecule has 0 spiro atoms. The highest BCUT2D eigenvalue weighted by molar-refractivity contribution is 6.00. The van der Waals surface area contributed by atoms with Crippen LogP contribution in [0.4, 0.5) is 35.0 Å². The summed E-state index contributed by atoms with van der Waals surface area (Å²) in [5, 5.41) is 22.4. The molecule has 1 aliphatic heterocycles. The molecule has 3 aromatic rings. The molecular formula is C23H22F3N7O. The Kier molecular flexibility index (Phi) is 6.43. The number of carbonyl (C=O) groups is 1. The van der Waals surface area contributed by atoms with E-state index < -0.39 is 17.8 Å². The number of halogens is 3. The Bertz CT molecular complexity index is 1220. The molecule has 1 aliphatic rings. The van der Waals surface area contributed by atoms with Gasteiger partial charge in [-0.3, -0.25) is 0 Å². The molecule has 11 heteroatoms. The summed E-state index contributed by atoms with van der Waals surface area (Å²) in [7, 11) is 0. The average molecular weight is 469 g/mol. The fourth-order valence-electron chi connectivity index (χ4n) is 3.75. The number of benzene rings is 2. The lowest BCUT2D eigenvalue weighted by Crippen LogP contribution is -2.43. The van der Waals surface area contributed by atoms with E-state index in [1.54, 1.807) is 19.1 Å². The van der Waals surface area contributed by atoms with Crippen molar-refractivity contribution in [2.45, 2.75) is 13.1 Å². The molecule has 4 rings (SSSR count). The number of nitrogens with one attached hydrogen (secondary N) is 3. The first-order chi connectivity index (χ1) is 16.3. The van der Waals surface area contributed by atoms with Crippen LogP contribution in [0.2, 0.25) is 0 Å². The van der Waals surface area contributed by atoms with Crippen LogP contribution in [0.3, 0.4) is 0 Å². The van der Waals surface area contributed by atoms with Crippen molar-refractivity contribution in [1.82, 2.24) is 15.1 Å². The SMILES string of the molecule is Cc1c(NC(=O)Nc2ccc(N3CCNCC3)c(C#N)c2)cnn1-c1ccc(C(F)(F)F)cc1. The second-order valence-corrected chi connectivity index (χ2v) is 7.76. The van der Waals surface area contributed by atoms with Crippen LogP contribution in [0, 0.1) is 18.3 Å². The second kappa shape index (κ2) is 9.44. The average Bonchev–Trinajstić information content (AvgIpc) is 3.18. The van der Waals surface area contributed by atoms with Crippen molar-refractivity contribution in [3.63, 3.8) is 0 Å². The van der Waals surface area contributed by atoms with Crippen LogP contribution < -0.4 is 20.9 Å². The van der Waals surface area contributed by atoms with Crippen LogP contribution in [0.25, 0.3) is 5.69 Å². The van der Waals surface area contributed by atoms with Gasteiger partial charge in [0.1, 0.15) is 6.07 Å². The lowest BCUT2D eigenvalue weighted by molar-refractivity contribution is -0.137. The lowest BCUT2D eigenvalue weighted by atomic mass is 10.1. The molecule has 2 heterocycles. The number of urea groups is 1. The summed E-state index contributed by atoms with van der Waals surface area (Å²) in [6, 6.07) is 11.4. The molecule has 2 aromatic carbocycles. The number of hydrogen-bond acceptors (Lipinski definition) is 5. The third-order valence-electron chi connectivity index (χ3n) is 5.53. The fourth-order valence-corrected chi connectivity index (χ4v) is 3.75. The van der Waals surface area contributed by atoms with Gasteiger partial charge in [0, 0.05) is 31.9 Å². The molecular weight excluding hydrogens is 447 g/mol. The number of hydrogen-bond donors (Lipinski definition) is 3. The number of anilines is 3. The van der Waals surface area contributed by atoms with Gasteiger partial charge in [-0.25, -0.2) is 9.48 Å². The minimum atomic E-state index is -4.42. The molecule has 0 bridgehead atoms. The molecule has 0 radical (unpaired) electrons. The van der Waals surface area contributed by atoms with Gasteiger partial charge in [0.15, 0.2) is 0 Å². The Morgan fingerprint density at radius 3 is 2.47 bits per heavy atom. The second-order valence-electron chi connectivity index (χ2n) is 7.76. The fraction of sp³-hybridized carbons (Fsp3) is 0.261. The van der Waals surface area contributed by atoms with Crippen molar-refractivity contribution in [3.8, 4) is 11.8 Å². The lowest BCUT2D eigenvalue weighted by Gasteiger charge is -2.30. The Balaban J connectivity index is 1.45. The largest absolute Gasteiger partial charge is 0.416 e. The molecule has 1 aromatic heterocycles. The van der Waals surface area contributed by atoms with Crippen molar-refractivity contribution >= 4 is 23.1 Å². The van der Waals surface area contributed by atoms with Gasteiger partial charge in [0.25, 0.3) is 0 Å². The number of amides is 2. The Morgan fingerprint density at radius 1 is 1.12 bits per heavy atom. The van der Waals surface area contributed by atoms with Gasteiger partial charge in [-0.15, -0.1) is 0 Å². The third kappa shape index (κ3) is 4.97. The molecule has 0 atom stereocenters. The summed E-state index contributed by atoms with van der Waals surface area (Å²) in [5.74, 6) is 0. The van der Waals surface area contributed by atoms with Crippen LogP contribution in [0.1, 0.15) is 16.8 Å². The number of rotatable bonds is 4. The molecule has 2 amide bonds. The molecule has 34 heavy (non-hydrogen) atoms. The summed E-state index contributed by atoms with van der Waals surface area (Å²) in [5.41, 5.74) is 2.37. The maximum absolute atomic E-state index is 12.8. The highest BCUT2D eigenvalue weighted by Gasteiger charge is 2.30. The van der Waals surface area contributed by atoms with Crippen LogP contribution in [0.5, 0.6) is 0 Å². The quantitative estimate of drug-likeness (QED) is 0.534. The van der Waals surface area contributed by atoms with Gasteiger partial charge in [0.05, 0.1) is 40.1 Å². The van der Waals surface area contributed by atoms with E-state index in [2.05, 4.69) is 32.0 Å². The van der Waals surface area contributed by atoms with Crippen LogP contribution >= 0.6 is 0 Å². The topological polar surface area (TPSA) is 98.0 Å². The normalized spacial score (nSPS) is 13.9. The first-order valence-electron chi connectivity index (χ1n) is 10.6. The van der Waals surface area contributed by atoms with Crippen LogP contribution in [-0.4, -0.2) is 42.0 Å². The number of aromatic nitrogens is 2. The first-order valence-corrected chi connectivity index (χ1v) is 10.6. The molecule has 0 unspecified atom stereocenters. The van der Waals surface area contributed by atoms with Crippen LogP contribution in [0.15, 0.2) is 48.7 Å². The maximum Gasteiger partial charge on any atom is 0.416 e. The zero-order valence-corrected chi connectivity index (χ0v) is 18.3. The van der Waals surface area contributed by atoms with E-state index >= 15 is 0 Å². The van der Waals surface area contributed by atoms with Gasteiger partial charge in [-0.1, -0.05) is 0 Å². The predicted octanol–water partition coefficient (Wildman–Crippen LogP) is 4.12. The monoisotopic (exact) mass is 469 g/mol. The van der Waals surface area contributed by atoms with Gasteiger partial charge in [0.2, 0.25) is 0 Å². The minimum Gasteiger partial charge on any atom is -0.368 e. The molecule has 3 N–H and O–H groups in total. The number of carbonyl (C=O) groups excluding carboxylic acids is 1. The summed E-state index contributed by atoms with van der Waals surface area (Å²) < 4.78 is 39.8. The Labute approximate surface area is 194 Å². The van der Waals surface area contributed by atoms with Crippen molar-refractivity contribution < 1.29 is 18.0 Å². The number of nitriles is 1. The van der Waals surface area contributed by atoms with E-state index in [0.29, 0.717) is 28.3 Å². The zero-order chi connectivity index (χ0) is 24.3. The van der Waals surface area contributed by atoms with E-state index in [1.807, 2.05) is 6.07 Å². The molecule has 1 fully saturated rings. The van der Waals surface area contributed by atoms with Crippen molar-refractivity contribution in [1.29, 1.82) is 5.26 Å². The summed E-state index contributed by atoms with van der Waals surface area (Å²) in [6.45, 7) is 4.96. The third-order valence-corrected chi connectivity index (χ3v) is 5.53. The maximum atomic E-state index is 12.8. The van der Waals surface area contributed by atoms with Gasteiger partial charge in [-0.2, -0.15) is 23.5 Å². The van der Waals surface area contributed by atoms with Gasteiger partial charge < -0.3 is 20.9 Å². The van der Waals surface area contributed by atoms with E-state index in [-0.39, 0.29) is 0 Å². The highest BCUT2D eigenvalue weighted by Crippen LogP contribution is 2.30. The Hall–Kier alpha value is -4.04. The highest BCUT2D eigenvalue weighted by atomic mass is 19.4. The van der Waals surface area contributed by atoms with E-state index in [4.69, 9.17) is 0 Å². The summed E-state index contributed by atoms with van der Waals surface area (Å²) >= 11 is 0. The smallest absolute Gasteiger partial charge is 0.368 e. The van der Waals surface area contributed by atoms with Crippen molar-refractivity contribution in [2.24, 2.45) is 0 Å². The first kappa shape index (κ1) is 23.1. The number of piperazine rings is 1.